The first-order valence-electron chi connectivity index (χ1n) is 10.5. The van der Waals surface area contributed by atoms with Crippen molar-refractivity contribution < 1.29 is 9.18 Å². The minimum Gasteiger partial charge on any atom is -0.373 e. The zero-order valence-electron chi connectivity index (χ0n) is 18.8. The minimum absolute atomic E-state index is 0.0243. The van der Waals surface area contributed by atoms with Crippen LogP contribution in [0.4, 0.5) is 21.7 Å². The number of nitrogens with two attached hydrogens (primary N) is 1. The number of benzene rings is 2. The van der Waals surface area contributed by atoms with Gasteiger partial charge in [-0.1, -0.05) is 18.2 Å². The number of hydrogen-bond acceptors (Lipinski definition) is 6. The molecule has 0 saturated carbocycles. The first-order valence-corrected chi connectivity index (χ1v) is 10.5. The van der Waals surface area contributed by atoms with Gasteiger partial charge in [-0.2, -0.15) is 4.98 Å². The Morgan fingerprint density at radius 3 is 2.52 bits per heavy atom. The molecule has 0 aliphatic carbocycles. The summed E-state index contributed by atoms with van der Waals surface area (Å²) >= 11 is 0. The number of amides is 1. The van der Waals surface area contributed by atoms with Crippen LogP contribution in [0.3, 0.4) is 0 Å². The Hall–Kier alpha value is -3.98. The Morgan fingerprint density at radius 1 is 1.09 bits per heavy atom. The van der Waals surface area contributed by atoms with Crippen LogP contribution in [-0.4, -0.2) is 59.6 Å². The normalized spacial score (nSPS) is 11.2. The third-order valence-electron chi connectivity index (χ3n) is 5.38. The monoisotopic (exact) mass is 447 g/mol. The molecule has 2 aromatic heterocycles. The third-order valence-corrected chi connectivity index (χ3v) is 5.38. The summed E-state index contributed by atoms with van der Waals surface area (Å²) in [5, 5.41) is 3.75. The Kier molecular flexibility index (Phi) is 6.23. The standard InChI is InChI=1S/C24H26FN7O/c1-30(2)12-13-31(3)17-10-8-16(9-11-17)28-24-27-14-20(25)23(29-24)32-15-19(22(26)33)18-6-4-5-7-21(18)32/h4-11,14-15H,12-13H2,1-3H3,(H2,26,33)(H,27,28,29). The van der Waals surface area contributed by atoms with Crippen LogP contribution < -0.4 is 16.0 Å². The number of hydrogen-bond donors (Lipinski definition) is 2. The first kappa shape index (κ1) is 22.2. The predicted molar refractivity (Wildman–Crippen MR) is 129 cm³/mol. The molecule has 0 aliphatic rings. The van der Waals surface area contributed by atoms with Crippen molar-refractivity contribution >= 4 is 34.1 Å². The molecule has 0 aliphatic heterocycles. The zero-order chi connectivity index (χ0) is 23.5. The molecule has 3 N–H and O–H groups in total. The summed E-state index contributed by atoms with van der Waals surface area (Å²) < 4.78 is 16.2. The number of fused-ring (bicyclic) bond motifs is 1. The fraction of sp³-hybridized carbons (Fsp3) is 0.208. The van der Waals surface area contributed by atoms with Crippen molar-refractivity contribution in [3.8, 4) is 5.82 Å². The van der Waals surface area contributed by atoms with E-state index in [-0.39, 0.29) is 11.8 Å². The molecule has 0 radical (unpaired) electrons. The van der Waals surface area contributed by atoms with E-state index in [9.17, 15) is 9.18 Å². The molecule has 0 unspecified atom stereocenters. The molecule has 8 nitrogen and oxygen atoms in total. The Morgan fingerprint density at radius 2 is 1.82 bits per heavy atom. The maximum absolute atomic E-state index is 14.7. The summed E-state index contributed by atoms with van der Waals surface area (Å²) in [4.78, 5) is 24.6. The number of likely N-dealkylation sites (N-methyl/N-ethyl adjacent to an activating group) is 2. The van der Waals surface area contributed by atoms with Gasteiger partial charge < -0.3 is 20.9 Å². The Bertz CT molecular complexity index is 1280. The molecule has 0 fully saturated rings. The molecule has 9 heteroatoms. The van der Waals surface area contributed by atoms with Crippen LogP contribution in [0.25, 0.3) is 16.7 Å². The lowest BCUT2D eigenvalue weighted by Crippen LogP contribution is -2.28. The fourth-order valence-electron chi connectivity index (χ4n) is 3.55. The molecule has 2 aromatic carbocycles. The largest absolute Gasteiger partial charge is 0.373 e. The van der Waals surface area contributed by atoms with E-state index in [4.69, 9.17) is 5.73 Å². The van der Waals surface area contributed by atoms with Gasteiger partial charge in [0.25, 0.3) is 5.91 Å². The van der Waals surface area contributed by atoms with Crippen molar-refractivity contribution in [2.75, 3.05) is 44.4 Å². The smallest absolute Gasteiger partial charge is 0.250 e. The minimum atomic E-state index is -0.616. The number of aromatic nitrogens is 3. The van der Waals surface area contributed by atoms with Gasteiger partial charge in [-0.05, 0) is 44.4 Å². The van der Waals surface area contributed by atoms with Crippen LogP contribution in [0.5, 0.6) is 0 Å². The van der Waals surface area contributed by atoms with Crippen LogP contribution in [0.1, 0.15) is 10.4 Å². The number of primary amides is 1. The number of para-hydroxylation sites is 1. The molecule has 4 aromatic rings. The molecule has 170 valence electrons. The van der Waals surface area contributed by atoms with Crippen LogP contribution in [0.15, 0.2) is 60.9 Å². The maximum atomic E-state index is 14.7. The molecule has 0 saturated heterocycles. The maximum Gasteiger partial charge on any atom is 0.250 e. The van der Waals surface area contributed by atoms with Gasteiger partial charge in [0, 0.05) is 43.1 Å². The Balaban J connectivity index is 1.60. The average Bonchev–Trinajstić information content (AvgIpc) is 3.19. The third kappa shape index (κ3) is 4.78. The van der Waals surface area contributed by atoms with Crippen LogP contribution in [0, 0.1) is 5.82 Å². The highest BCUT2D eigenvalue weighted by Crippen LogP contribution is 2.26. The molecule has 1 amide bonds. The highest BCUT2D eigenvalue weighted by atomic mass is 19.1. The highest BCUT2D eigenvalue weighted by Gasteiger charge is 2.17. The Labute approximate surface area is 191 Å². The number of carbonyl (C=O) groups excluding carboxylic acids is 1. The van der Waals surface area contributed by atoms with E-state index in [1.807, 2.05) is 45.4 Å². The summed E-state index contributed by atoms with van der Waals surface area (Å²) in [6.07, 6.45) is 2.60. The number of nitrogens with one attached hydrogen (secondary N) is 1. The number of rotatable bonds is 8. The average molecular weight is 448 g/mol. The van der Waals surface area contributed by atoms with Gasteiger partial charge in [0.15, 0.2) is 11.6 Å². The van der Waals surface area contributed by atoms with Gasteiger partial charge in [-0.25, -0.2) is 9.37 Å². The zero-order valence-corrected chi connectivity index (χ0v) is 18.8. The lowest BCUT2D eigenvalue weighted by atomic mass is 10.2. The number of anilines is 3. The molecular formula is C24H26FN7O. The predicted octanol–water partition coefficient (Wildman–Crippen LogP) is 3.40. The summed E-state index contributed by atoms with van der Waals surface area (Å²) in [7, 11) is 6.13. The number of nitrogens with zero attached hydrogens (tertiary/aromatic N) is 5. The van der Waals surface area contributed by atoms with Crippen molar-refractivity contribution in [1.29, 1.82) is 0 Å². The van der Waals surface area contributed by atoms with E-state index in [1.54, 1.807) is 24.3 Å². The number of carbonyl (C=O) groups is 1. The van der Waals surface area contributed by atoms with E-state index in [2.05, 4.69) is 25.1 Å². The van der Waals surface area contributed by atoms with Crippen LogP contribution in [0.2, 0.25) is 0 Å². The number of halogens is 1. The van der Waals surface area contributed by atoms with E-state index < -0.39 is 11.7 Å². The molecule has 0 atom stereocenters. The molecule has 33 heavy (non-hydrogen) atoms. The van der Waals surface area contributed by atoms with Crippen LogP contribution >= 0.6 is 0 Å². The molecule has 2 heterocycles. The van der Waals surface area contributed by atoms with Crippen molar-refractivity contribution in [2.24, 2.45) is 5.73 Å². The molecular weight excluding hydrogens is 421 g/mol. The van der Waals surface area contributed by atoms with Crippen molar-refractivity contribution in [2.45, 2.75) is 0 Å². The van der Waals surface area contributed by atoms with E-state index >= 15 is 0 Å². The quantitative estimate of drug-likeness (QED) is 0.430. The van der Waals surface area contributed by atoms with Gasteiger partial charge in [-0.15, -0.1) is 0 Å². The summed E-state index contributed by atoms with van der Waals surface area (Å²) in [6.45, 7) is 1.86. The second kappa shape index (κ2) is 9.25. The first-order chi connectivity index (χ1) is 15.8. The second-order valence-electron chi connectivity index (χ2n) is 8.06. The van der Waals surface area contributed by atoms with Gasteiger partial charge >= 0.3 is 0 Å². The summed E-state index contributed by atoms with van der Waals surface area (Å²) in [6, 6.07) is 15.0. The fourth-order valence-corrected chi connectivity index (χ4v) is 3.55. The van der Waals surface area contributed by atoms with E-state index in [0.29, 0.717) is 16.5 Å². The molecule has 0 bridgehead atoms. The molecule has 4 rings (SSSR count). The summed E-state index contributed by atoms with van der Waals surface area (Å²) in [5.41, 5.74) is 8.29. The van der Waals surface area contributed by atoms with Crippen molar-refractivity contribution in [3.05, 3.63) is 72.3 Å². The van der Waals surface area contributed by atoms with Gasteiger partial charge in [-0.3, -0.25) is 9.36 Å². The van der Waals surface area contributed by atoms with Crippen LogP contribution in [-0.2, 0) is 0 Å². The summed E-state index contributed by atoms with van der Waals surface area (Å²) in [5.74, 6) is -0.946. The van der Waals surface area contributed by atoms with Crippen molar-refractivity contribution in [1.82, 2.24) is 19.4 Å². The highest BCUT2D eigenvalue weighted by molar-refractivity contribution is 6.06. The topological polar surface area (TPSA) is 92.3 Å². The van der Waals surface area contributed by atoms with E-state index in [1.165, 1.54) is 10.8 Å². The molecule has 0 spiro atoms. The van der Waals surface area contributed by atoms with Gasteiger partial charge in [0.1, 0.15) is 0 Å². The second-order valence-corrected chi connectivity index (χ2v) is 8.06. The lowest BCUT2D eigenvalue weighted by Gasteiger charge is -2.21. The van der Waals surface area contributed by atoms with Gasteiger partial charge in [0.05, 0.1) is 17.3 Å². The SMILES string of the molecule is CN(C)CCN(C)c1ccc(Nc2ncc(F)c(-n3cc(C(N)=O)c4ccccc43)n2)cc1. The lowest BCUT2D eigenvalue weighted by molar-refractivity contribution is 0.100. The van der Waals surface area contributed by atoms with Gasteiger partial charge in [0.2, 0.25) is 5.95 Å². The van der Waals surface area contributed by atoms with E-state index in [0.717, 1.165) is 30.7 Å². The van der Waals surface area contributed by atoms with Crippen molar-refractivity contribution in [3.63, 3.8) is 0 Å².